The van der Waals surface area contributed by atoms with Gasteiger partial charge < -0.3 is 10.5 Å². The highest BCUT2D eigenvalue weighted by Gasteiger charge is 2.22. The van der Waals surface area contributed by atoms with Crippen LogP contribution in [0.2, 0.25) is 0 Å². The molecule has 1 aromatic heterocycles. The van der Waals surface area contributed by atoms with Crippen LogP contribution in [0.25, 0.3) is 0 Å². The molecule has 1 N–H and O–H groups in total. The molecular formula is C14H20N2O2S. The minimum Gasteiger partial charge on any atom is -0.618 e. The summed E-state index contributed by atoms with van der Waals surface area (Å²) in [6.45, 7) is 2.19. The lowest BCUT2D eigenvalue weighted by Crippen LogP contribution is -2.42. The molecule has 4 nitrogen and oxygen atoms in total. The molecule has 0 spiro atoms. The first-order valence-corrected chi connectivity index (χ1v) is 7.75. The fraction of sp³-hybridized carbons (Fsp3) is 0.571. The summed E-state index contributed by atoms with van der Waals surface area (Å²) < 4.78 is 0.793. The van der Waals surface area contributed by atoms with Gasteiger partial charge in [-0.2, -0.15) is 4.73 Å². The number of pyridine rings is 1. The van der Waals surface area contributed by atoms with Crippen LogP contribution >= 0.6 is 11.8 Å². The van der Waals surface area contributed by atoms with Crippen molar-refractivity contribution < 1.29 is 9.52 Å². The predicted octanol–water partition coefficient (Wildman–Crippen LogP) is 2.11. The third-order valence-corrected chi connectivity index (χ3v) is 4.62. The van der Waals surface area contributed by atoms with Crippen molar-refractivity contribution in [2.24, 2.45) is 5.92 Å². The van der Waals surface area contributed by atoms with Gasteiger partial charge in [0.15, 0.2) is 6.20 Å². The Morgan fingerprint density at radius 2 is 2.26 bits per heavy atom. The molecule has 0 unspecified atom stereocenters. The SMILES string of the molecule is C[C@@H]1CCCC[C@@H]1NC(=O)CSc1cccc[n+]1[O-]. The maximum atomic E-state index is 11.9. The number of thioether (sulfide) groups is 1. The molecule has 5 heteroatoms. The zero-order valence-electron chi connectivity index (χ0n) is 11.2. The van der Waals surface area contributed by atoms with Crippen molar-refractivity contribution in [3.05, 3.63) is 29.6 Å². The number of amides is 1. The Morgan fingerprint density at radius 3 is 3.00 bits per heavy atom. The van der Waals surface area contributed by atoms with Crippen LogP contribution in [-0.4, -0.2) is 17.7 Å². The second kappa shape index (κ2) is 6.80. The van der Waals surface area contributed by atoms with Gasteiger partial charge >= 0.3 is 0 Å². The fourth-order valence-corrected chi connectivity index (χ4v) is 3.17. The Kier molecular flexibility index (Phi) is 5.07. The molecule has 0 aromatic carbocycles. The molecule has 1 amide bonds. The maximum Gasteiger partial charge on any atom is 0.251 e. The van der Waals surface area contributed by atoms with Crippen LogP contribution in [0.15, 0.2) is 29.4 Å². The van der Waals surface area contributed by atoms with Gasteiger partial charge in [0.2, 0.25) is 5.91 Å². The molecule has 1 aromatic rings. The van der Waals surface area contributed by atoms with Crippen molar-refractivity contribution in [3.63, 3.8) is 0 Å². The Balaban J connectivity index is 1.80. The highest BCUT2D eigenvalue weighted by Crippen LogP contribution is 2.23. The van der Waals surface area contributed by atoms with Crippen LogP contribution in [0.5, 0.6) is 0 Å². The van der Waals surface area contributed by atoms with Gasteiger partial charge in [-0.3, -0.25) is 4.79 Å². The number of aromatic nitrogens is 1. The Hall–Kier alpha value is -1.23. The molecule has 2 atom stereocenters. The van der Waals surface area contributed by atoms with Crippen LogP contribution in [0.1, 0.15) is 32.6 Å². The average Bonchev–Trinajstić information content (AvgIpc) is 2.40. The maximum absolute atomic E-state index is 11.9. The largest absolute Gasteiger partial charge is 0.618 e. The van der Waals surface area contributed by atoms with Crippen LogP contribution in [0.3, 0.4) is 0 Å². The summed E-state index contributed by atoms with van der Waals surface area (Å²) in [5, 5.41) is 15.1. The standard InChI is InChI=1S/C14H20N2O2S/c1-11-6-2-3-7-12(11)15-13(17)10-19-14-8-4-5-9-16(14)18/h4-5,8-9,11-12H,2-3,6-7,10H2,1H3,(H,15,17)/t11-,12+/m1/s1. The summed E-state index contributed by atoms with van der Waals surface area (Å²) in [6.07, 6.45) is 6.18. The summed E-state index contributed by atoms with van der Waals surface area (Å²) in [6, 6.07) is 5.52. The zero-order valence-corrected chi connectivity index (χ0v) is 12.0. The van der Waals surface area contributed by atoms with E-state index >= 15 is 0 Å². The third kappa shape index (κ3) is 4.13. The van der Waals surface area contributed by atoms with E-state index in [4.69, 9.17) is 0 Å². The van der Waals surface area contributed by atoms with E-state index in [1.165, 1.54) is 37.2 Å². The predicted molar refractivity (Wildman–Crippen MR) is 75.7 cm³/mol. The van der Waals surface area contributed by atoms with Gasteiger partial charge in [0.05, 0.1) is 5.75 Å². The fourth-order valence-electron chi connectivity index (χ4n) is 2.44. The lowest BCUT2D eigenvalue weighted by atomic mass is 9.86. The van der Waals surface area contributed by atoms with Crippen LogP contribution in [0, 0.1) is 11.1 Å². The van der Waals surface area contributed by atoms with E-state index in [-0.39, 0.29) is 5.91 Å². The lowest BCUT2D eigenvalue weighted by Gasteiger charge is -2.29. The first-order chi connectivity index (χ1) is 9.16. The van der Waals surface area contributed by atoms with E-state index < -0.39 is 0 Å². The van der Waals surface area contributed by atoms with Gasteiger partial charge in [-0.15, -0.1) is 0 Å². The van der Waals surface area contributed by atoms with Gasteiger partial charge in [0.1, 0.15) is 0 Å². The van der Waals surface area contributed by atoms with Crippen molar-refractivity contribution >= 4 is 17.7 Å². The van der Waals surface area contributed by atoms with E-state index in [1.807, 2.05) is 0 Å². The van der Waals surface area contributed by atoms with Gasteiger partial charge in [-0.05, 0) is 36.6 Å². The van der Waals surface area contributed by atoms with E-state index in [1.54, 1.807) is 18.2 Å². The number of nitrogens with zero attached hydrogens (tertiary/aromatic N) is 1. The molecule has 1 heterocycles. The highest BCUT2D eigenvalue weighted by atomic mass is 32.2. The third-order valence-electron chi connectivity index (χ3n) is 3.60. The number of rotatable bonds is 4. The smallest absolute Gasteiger partial charge is 0.251 e. The van der Waals surface area contributed by atoms with Crippen molar-refractivity contribution in [2.75, 3.05) is 5.75 Å². The first-order valence-electron chi connectivity index (χ1n) is 6.77. The highest BCUT2D eigenvalue weighted by molar-refractivity contribution is 7.99. The molecule has 19 heavy (non-hydrogen) atoms. The molecule has 104 valence electrons. The van der Waals surface area contributed by atoms with Crippen LogP contribution < -0.4 is 10.0 Å². The quantitative estimate of drug-likeness (QED) is 0.522. The molecule has 0 aliphatic heterocycles. The molecule has 0 radical (unpaired) electrons. The minimum atomic E-state index is 0.0209. The lowest BCUT2D eigenvalue weighted by molar-refractivity contribution is -0.645. The summed E-state index contributed by atoms with van der Waals surface area (Å²) in [5.74, 6) is 0.881. The molecule has 1 aliphatic carbocycles. The van der Waals surface area contributed by atoms with Gasteiger partial charge in [-0.1, -0.05) is 19.8 Å². The number of carbonyl (C=O) groups excluding carboxylic acids is 1. The van der Waals surface area contributed by atoms with Crippen molar-refractivity contribution in [1.82, 2.24) is 5.32 Å². The Bertz CT molecular complexity index is 439. The Morgan fingerprint density at radius 1 is 1.47 bits per heavy atom. The van der Waals surface area contributed by atoms with Crippen LogP contribution in [-0.2, 0) is 4.79 Å². The molecule has 0 bridgehead atoms. The van der Waals surface area contributed by atoms with E-state index in [9.17, 15) is 10.0 Å². The number of nitrogens with one attached hydrogen (secondary N) is 1. The van der Waals surface area contributed by atoms with Crippen LogP contribution in [0.4, 0.5) is 0 Å². The number of carbonyl (C=O) groups is 1. The number of hydrogen-bond donors (Lipinski definition) is 1. The second-order valence-corrected chi connectivity index (χ2v) is 6.08. The molecular weight excluding hydrogens is 260 g/mol. The molecule has 1 saturated carbocycles. The zero-order chi connectivity index (χ0) is 13.7. The van der Waals surface area contributed by atoms with Crippen molar-refractivity contribution in [2.45, 2.75) is 43.7 Å². The topological polar surface area (TPSA) is 56.0 Å². The molecule has 2 rings (SSSR count). The van der Waals surface area contributed by atoms with Crippen molar-refractivity contribution in [1.29, 1.82) is 0 Å². The summed E-state index contributed by atoms with van der Waals surface area (Å²) in [7, 11) is 0. The van der Waals surface area contributed by atoms with Gasteiger partial charge in [0.25, 0.3) is 5.03 Å². The number of hydrogen-bond acceptors (Lipinski definition) is 3. The van der Waals surface area contributed by atoms with Crippen molar-refractivity contribution in [3.8, 4) is 0 Å². The van der Waals surface area contributed by atoms with E-state index in [0.29, 0.717) is 22.7 Å². The molecule has 1 aliphatic rings. The minimum absolute atomic E-state index is 0.0209. The van der Waals surface area contributed by atoms with Gasteiger partial charge in [0, 0.05) is 18.2 Å². The first kappa shape index (κ1) is 14.2. The summed E-state index contributed by atoms with van der Waals surface area (Å²) in [5.41, 5.74) is 0. The Labute approximate surface area is 118 Å². The normalized spacial score (nSPS) is 23.0. The molecule has 0 saturated heterocycles. The summed E-state index contributed by atoms with van der Waals surface area (Å²) >= 11 is 1.28. The monoisotopic (exact) mass is 280 g/mol. The van der Waals surface area contributed by atoms with Gasteiger partial charge in [-0.25, -0.2) is 0 Å². The summed E-state index contributed by atoms with van der Waals surface area (Å²) in [4.78, 5) is 11.9. The van der Waals surface area contributed by atoms with E-state index in [0.717, 1.165) is 11.2 Å². The molecule has 1 fully saturated rings. The average molecular weight is 280 g/mol. The second-order valence-electron chi connectivity index (χ2n) is 5.09. The van der Waals surface area contributed by atoms with E-state index in [2.05, 4.69) is 12.2 Å².